The van der Waals surface area contributed by atoms with E-state index in [2.05, 4.69) is 0 Å². The molecule has 0 aromatic heterocycles. The van der Waals surface area contributed by atoms with Crippen molar-refractivity contribution in [2.45, 2.75) is 37.8 Å². The zero-order valence-corrected chi connectivity index (χ0v) is 6.38. The fourth-order valence-corrected chi connectivity index (χ4v) is 1.43. The highest BCUT2D eigenvalue weighted by molar-refractivity contribution is 4.90. The summed E-state index contributed by atoms with van der Waals surface area (Å²) in [5.74, 6) is -0.164. The van der Waals surface area contributed by atoms with E-state index in [1.165, 1.54) is 0 Å². The first-order valence-corrected chi connectivity index (χ1v) is 3.76. The molecule has 66 valence electrons. The van der Waals surface area contributed by atoms with Crippen molar-refractivity contribution in [1.82, 2.24) is 0 Å². The highest BCUT2D eigenvalue weighted by atomic mass is 16.4. The maximum Gasteiger partial charge on any atom is 0.108 e. The molecule has 1 aliphatic rings. The molecule has 0 spiro atoms. The van der Waals surface area contributed by atoms with Crippen LogP contribution in [0.25, 0.3) is 0 Å². The van der Waals surface area contributed by atoms with Crippen LogP contribution in [-0.2, 0) is 0 Å². The Balaban J connectivity index is 2.63. The Labute approximate surface area is 65.1 Å². The molecule has 11 heavy (non-hydrogen) atoms. The van der Waals surface area contributed by atoms with Crippen LogP contribution >= 0.6 is 0 Å². The van der Waals surface area contributed by atoms with E-state index in [0.29, 0.717) is 6.42 Å². The first kappa shape index (κ1) is 8.93. The van der Waals surface area contributed by atoms with Gasteiger partial charge in [-0.2, -0.15) is 0 Å². The van der Waals surface area contributed by atoms with E-state index >= 15 is 0 Å². The molecular weight excluding hydrogens is 148 g/mol. The van der Waals surface area contributed by atoms with Crippen molar-refractivity contribution in [3.05, 3.63) is 0 Å². The molecule has 4 N–H and O–H groups in total. The minimum atomic E-state index is -1.21. The lowest BCUT2D eigenvalue weighted by atomic mass is 9.82. The van der Waals surface area contributed by atoms with E-state index in [-0.39, 0.29) is 5.92 Å². The molecule has 4 nitrogen and oxygen atoms in total. The van der Waals surface area contributed by atoms with Crippen LogP contribution in [0, 0.1) is 5.92 Å². The zero-order valence-electron chi connectivity index (χ0n) is 6.38. The fourth-order valence-electron chi connectivity index (χ4n) is 1.43. The minimum Gasteiger partial charge on any atom is -0.390 e. The van der Waals surface area contributed by atoms with E-state index < -0.39 is 24.4 Å². The monoisotopic (exact) mass is 162 g/mol. The van der Waals surface area contributed by atoms with Gasteiger partial charge in [0.25, 0.3) is 0 Å². The summed E-state index contributed by atoms with van der Waals surface area (Å²) in [5, 5.41) is 36.5. The average molecular weight is 162 g/mol. The van der Waals surface area contributed by atoms with E-state index in [1.807, 2.05) is 0 Å². The summed E-state index contributed by atoms with van der Waals surface area (Å²) in [7, 11) is 0. The van der Waals surface area contributed by atoms with E-state index in [4.69, 9.17) is 15.3 Å². The van der Waals surface area contributed by atoms with Gasteiger partial charge in [-0.1, -0.05) is 6.92 Å². The molecule has 0 aromatic rings. The van der Waals surface area contributed by atoms with Crippen LogP contribution in [0.15, 0.2) is 0 Å². The van der Waals surface area contributed by atoms with E-state index in [1.54, 1.807) is 6.92 Å². The maximum absolute atomic E-state index is 9.21. The van der Waals surface area contributed by atoms with Crippen LogP contribution in [0.2, 0.25) is 0 Å². The maximum atomic E-state index is 9.21. The normalized spacial score (nSPS) is 52.6. The summed E-state index contributed by atoms with van der Waals surface area (Å²) < 4.78 is 0. The van der Waals surface area contributed by atoms with Gasteiger partial charge in [-0.05, 0) is 12.3 Å². The van der Waals surface area contributed by atoms with Crippen molar-refractivity contribution < 1.29 is 20.4 Å². The summed E-state index contributed by atoms with van der Waals surface area (Å²) in [6.45, 7) is 1.73. The van der Waals surface area contributed by atoms with Crippen molar-refractivity contribution in [3.8, 4) is 0 Å². The van der Waals surface area contributed by atoms with Crippen molar-refractivity contribution in [3.63, 3.8) is 0 Å². The Kier molecular flexibility index (Phi) is 2.49. The van der Waals surface area contributed by atoms with Crippen LogP contribution in [0.5, 0.6) is 0 Å². The summed E-state index contributed by atoms with van der Waals surface area (Å²) >= 11 is 0. The molecule has 1 rings (SSSR count). The minimum absolute atomic E-state index is 0.164. The van der Waals surface area contributed by atoms with Crippen molar-refractivity contribution in [2.75, 3.05) is 0 Å². The van der Waals surface area contributed by atoms with Crippen molar-refractivity contribution >= 4 is 0 Å². The third kappa shape index (κ3) is 1.54. The Bertz CT molecular complexity index is 124. The number of hydrogen-bond acceptors (Lipinski definition) is 4. The summed E-state index contributed by atoms with van der Waals surface area (Å²) in [6, 6.07) is 0. The number of aliphatic hydroxyl groups is 4. The van der Waals surface area contributed by atoms with Gasteiger partial charge >= 0.3 is 0 Å². The third-order valence-corrected chi connectivity index (χ3v) is 2.29. The second-order valence-electron chi connectivity index (χ2n) is 3.25. The first-order chi connectivity index (χ1) is 5.04. The highest BCUT2D eigenvalue weighted by Crippen LogP contribution is 2.24. The van der Waals surface area contributed by atoms with Gasteiger partial charge in [-0.3, -0.25) is 0 Å². The van der Waals surface area contributed by atoms with Crippen LogP contribution in [0.1, 0.15) is 13.3 Å². The first-order valence-electron chi connectivity index (χ1n) is 3.76. The van der Waals surface area contributed by atoms with Gasteiger partial charge in [0.15, 0.2) is 0 Å². The summed E-state index contributed by atoms with van der Waals surface area (Å²) in [4.78, 5) is 0. The Hall–Kier alpha value is -0.160. The second kappa shape index (κ2) is 3.06. The molecule has 0 aliphatic heterocycles. The number of rotatable bonds is 0. The number of hydrogen-bond donors (Lipinski definition) is 4. The molecule has 1 fully saturated rings. The molecule has 0 saturated heterocycles. The van der Waals surface area contributed by atoms with Crippen LogP contribution < -0.4 is 0 Å². The largest absolute Gasteiger partial charge is 0.390 e. The molecule has 0 amide bonds. The molecule has 0 aromatic carbocycles. The lowest BCUT2D eigenvalue weighted by Gasteiger charge is -2.36. The predicted molar refractivity (Wildman–Crippen MR) is 37.8 cm³/mol. The molecule has 4 heteroatoms. The van der Waals surface area contributed by atoms with E-state index in [9.17, 15) is 5.11 Å². The quantitative estimate of drug-likeness (QED) is 0.348. The molecule has 1 aliphatic carbocycles. The predicted octanol–water partition coefficient (Wildman–Crippen LogP) is -1.53. The molecule has 0 bridgehead atoms. The molecular formula is C7H14O4. The smallest absolute Gasteiger partial charge is 0.108 e. The molecule has 0 heterocycles. The number of aliphatic hydroxyl groups excluding tert-OH is 4. The van der Waals surface area contributed by atoms with Crippen molar-refractivity contribution in [1.29, 1.82) is 0 Å². The van der Waals surface area contributed by atoms with Gasteiger partial charge in [0.2, 0.25) is 0 Å². The topological polar surface area (TPSA) is 80.9 Å². The van der Waals surface area contributed by atoms with Gasteiger partial charge in [0.1, 0.15) is 12.2 Å². The fraction of sp³-hybridized carbons (Fsp3) is 1.00. The van der Waals surface area contributed by atoms with Crippen LogP contribution in [0.3, 0.4) is 0 Å². The Morgan fingerprint density at radius 1 is 0.909 bits per heavy atom. The van der Waals surface area contributed by atoms with Crippen LogP contribution in [0.4, 0.5) is 0 Å². The third-order valence-electron chi connectivity index (χ3n) is 2.29. The highest BCUT2D eigenvalue weighted by Gasteiger charge is 2.39. The standard InChI is InChI=1S/C7H14O4/c1-3-2-4(8)6(10)7(11)5(3)9/h3-11H,2H2,1H3/t3?,4-,5-,6?,7+/m1/s1. The van der Waals surface area contributed by atoms with Gasteiger partial charge in [-0.15, -0.1) is 0 Å². The molecule has 2 unspecified atom stereocenters. The zero-order chi connectivity index (χ0) is 8.59. The lowest BCUT2D eigenvalue weighted by molar-refractivity contribution is -0.154. The SMILES string of the molecule is CC1C[C@@H](O)C(O)[C@@H](O)[C@@H]1O. The lowest BCUT2D eigenvalue weighted by Crippen LogP contribution is -2.52. The molecule has 1 saturated carbocycles. The Morgan fingerprint density at radius 3 is 2.00 bits per heavy atom. The molecule has 0 radical (unpaired) electrons. The summed E-state index contributed by atoms with van der Waals surface area (Å²) in [6.07, 6.45) is -3.92. The second-order valence-corrected chi connectivity index (χ2v) is 3.25. The molecule has 5 atom stereocenters. The van der Waals surface area contributed by atoms with Gasteiger partial charge in [-0.25, -0.2) is 0 Å². The Morgan fingerprint density at radius 2 is 1.45 bits per heavy atom. The van der Waals surface area contributed by atoms with Crippen LogP contribution in [-0.4, -0.2) is 44.8 Å². The van der Waals surface area contributed by atoms with Gasteiger partial charge in [0.05, 0.1) is 12.2 Å². The van der Waals surface area contributed by atoms with E-state index in [0.717, 1.165) is 0 Å². The average Bonchev–Trinajstić information content (AvgIpc) is 1.97. The summed E-state index contributed by atoms with van der Waals surface area (Å²) in [5.41, 5.74) is 0. The van der Waals surface area contributed by atoms with Crippen molar-refractivity contribution in [2.24, 2.45) is 5.92 Å². The van der Waals surface area contributed by atoms with Gasteiger partial charge in [0, 0.05) is 0 Å². The van der Waals surface area contributed by atoms with Gasteiger partial charge < -0.3 is 20.4 Å².